The molecule has 0 radical (unpaired) electrons. The van der Waals surface area contributed by atoms with E-state index in [1.807, 2.05) is 267 Å². The molecular weight excluding hydrogens is 1640 g/mol. The third-order valence-electron chi connectivity index (χ3n) is 22.7. The second kappa shape index (κ2) is 33.2. The Hall–Kier alpha value is -13.9. The summed E-state index contributed by atoms with van der Waals surface area (Å²) in [5.41, 5.74) is 20.2. The highest BCUT2D eigenvalue weighted by molar-refractivity contribution is 9.10. The lowest BCUT2D eigenvalue weighted by molar-refractivity contribution is 0.103. The number of phenolic OH excluding ortho intramolecular Hbond substituents is 1. The van der Waals surface area contributed by atoms with Crippen LogP contribution in [0.4, 0.5) is 5.69 Å². The molecule has 1 heterocycles. The molecule has 19 aromatic rings. The molecule has 0 saturated heterocycles. The summed E-state index contributed by atoms with van der Waals surface area (Å²) < 4.78 is 26.2. The first-order chi connectivity index (χ1) is 60.2. The van der Waals surface area contributed by atoms with Gasteiger partial charge in [0.2, 0.25) is 0 Å². The van der Waals surface area contributed by atoms with E-state index in [-0.39, 0.29) is 87.2 Å². The highest BCUT2D eigenvalue weighted by atomic mass is 79.9. The number of hydrogen-bond donors (Lipinski definition) is 6. The number of halogens is 1. The number of nitrogens with two attached hydrogens (primary N) is 1. The molecule has 0 spiro atoms. The molecule has 0 saturated carbocycles. The molecule has 18 heteroatoms. The van der Waals surface area contributed by atoms with E-state index in [1.54, 1.807) is 23.5 Å². The molecular formula is C105H72BrNO14S2. The quantitative estimate of drug-likeness (QED) is 0.0336. The summed E-state index contributed by atoms with van der Waals surface area (Å²) in [5, 5.41) is 61.8. The lowest BCUT2D eigenvalue weighted by Crippen LogP contribution is -2.11. The first kappa shape index (κ1) is 78.9. The molecule has 600 valence electrons. The molecule has 23 rings (SSSR count). The van der Waals surface area contributed by atoms with Gasteiger partial charge in [0.15, 0.2) is 28.6 Å². The van der Waals surface area contributed by atoms with Crippen LogP contribution in [-0.2, 0) is 0 Å². The minimum absolute atomic E-state index is 0.0253. The van der Waals surface area contributed by atoms with Crippen molar-refractivity contribution in [2.24, 2.45) is 0 Å². The number of nitrogen functional groups attached to an aromatic ring is 1. The van der Waals surface area contributed by atoms with Crippen molar-refractivity contribution in [1.29, 1.82) is 0 Å². The molecule has 0 bridgehead atoms. The van der Waals surface area contributed by atoms with Gasteiger partial charge in [-0.1, -0.05) is 242 Å². The molecule has 1 aromatic heterocycles. The maximum atomic E-state index is 13.3. The van der Waals surface area contributed by atoms with Gasteiger partial charge in [0.25, 0.3) is 0 Å². The van der Waals surface area contributed by atoms with Crippen molar-refractivity contribution in [1.82, 2.24) is 0 Å². The van der Waals surface area contributed by atoms with Crippen LogP contribution in [0.5, 0.6) is 28.7 Å². The largest absolute Gasteiger partial charge is 0.508 e. The number of ketones is 4. The minimum atomic E-state index is -0.0833. The number of fused-ring (bicyclic) bond motifs is 12. The van der Waals surface area contributed by atoms with Crippen LogP contribution in [0.25, 0.3) is 140 Å². The number of aliphatic hydroxyl groups is 4. The number of para-hydroxylation sites is 1. The second-order valence-corrected chi connectivity index (χ2v) is 32.7. The number of aliphatic hydroxyl groups excluding tert-OH is 4. The van der Waals surface area contributed by atoms with E-state index in [4.69, 9.17) is 34.9 Å². The molecule has 0 amide bonds. The number of carbonyl (C=O) groups is 4. The van der Waals surface area contributed by atoms with Gasteiger partial charge in [-0.15, -0.1) is 11.3 Å². The van der Waals surface area contributed by atoms with E-state index in [0.717, 1.165) is 161 Å². The number of ether oxygens (including phenoxy) is 4. The Kier molecular flexibility index (Phi) is 21.3. The number of anilines is 1. The third-order valence-corrected chi connectivity index (χ3v) is 25.9. The van der Waals surface area contributed by atoms with Crippen LogP contribution < -0.4 is 30.1 Å². The van der Waals surface area contributed by atoms with Crippen LogP contribution in [-0.4, -0.2) is 102 Å². The van der Waals surface area contributed by atoms with Crippen molar-refractivity contribution in [3.63, 3.8) is 0 Å². The SMILES string of the molecule is Nc1ccccc1Sc1c(OCCO)cc2c3c(cccc13)C(=O)c1ccccc1-2.O=C1c2ccccc2-c2cc(O)cc3cccc1c23.O=C1c2ccccc2-c2cc(OCCO)c(Br)c3cccc1c23.O=C1c2ccccc2-c2cc(OCCO)cc3cccc1c23.O=c1c2ccccc2c2cc(OCCO)c3sc4ccccc4c4ccc1c2c34. The minimum Gasteiger partial charge on any atom is -0.508 e. The van der Waals surface area contributed by atoms with Crippen molar-refractivity contribution >= 4 is 163 Å². The van der Waals surface area contributed by atoms with Gasteiger partial charge in [-0.05, 0) is 159 Å². The van der Waals surface area contributed by atoms with Crippen LogP contribution in [0, 0.1) is 0 Å². The third kappa shape index (κ3) is 13.9. The molecule has 4 aliphatic rings. The van der Waals surface area contributed by atoms with Crippen molar-refractivity contribution in [3.05, 3.63) is 356 Å². The molecule has 18 aromatic carbocycles. The smallest absolute Gasteiger partial charge is 0.194 e. The van der Waals surface area contributed by atoms with E-state index in [2.05, 4.69) is 34.1 Å². The summed E-state index contributed by atoms with van der Waals surface area (Å²) in [7, 11) is 0. The van der Waals surface area contributed by atoms with Crippen molar-refractivity contribution in [2.45, 2.75) is 9.79 Å². The highest BCUT2D eigenvalue weighted by Crippen LogP contribution is 2.53. The second-order valence-electron chi connectivity index (χ2n) is 29.8. The van der Waals surface area contributed by atoms with Crippen molar-refractivity contribution in [3.8, 4) is 73.3 Å². The zero-order valence-electron chi connectivity index (χ0n) is 65.6. The Morgan fingerprint density at radius 3 is 1.29 bits per heavy atom. The van der Waals surface area contributed by atoms with Gasteiger partial charge in [0.1, 0.15) is 55.2 Å². The van der Waals surface area contributed by atoms with E-state index < -0.39 is 0 Å². The zero-order chi connectivity index (χ0) is 84.3. The normalized spacial score (nSPS) is 12.2. The summed E-state index contributed by atoms with van der Waals surface area (Å²) in [6.45, 7) is 0.696. The molecule has 7 N–H and O–H groups in total. The predicted octanol–water partition coefficient (Wildman–Crippen LogP) is 22.2. The summed E-state index contributed by atoms with van der Waals surface area (Å²) in [4.78, 5) is 66.2. The summed E-state index contributed by atoms with van der Waals surface area (Å²) in [6.07, 6.45) is 0. The Balaban J connectivity index is 0.000000102. The fraction of sp³-hybridized carbons (Fsp3) is 0.0762. The van der Waals surface area contributed by atoms with Gasteiger partial charge < -0.3 is 50.2 Å². The first-order valence-electron chi connectivity index (χ1n) is 40.0. The molecule has 4 aliphatic carbocycles. The summed E-state index contributed by atoms with van der Waals surface area (Å²) in [5.74, 6) is 3.23. The van der Waals surface area contributed by atoms with Crippen molar-refractivity contribution < 1.29 is 63.7 Å². The first-order valence-corrected chi connectivity index (χ1v) is 42.4. The Morgan fingerprint density at radius 1 is 0.309 bits per heavy atom. The predicted molar refractivity (Wildman–Crippen MR) is 495 cm³/mol. The van der Waals surface area contributed by atoms with Crippen LogP contribution in [0.2, 0.25) is 0 Å². The van der Waals surface area contributed by atoms with Gasteiger partial charge in [0.05, 0.1) is 40.5 Å². The average Bonchev–Trinajstić information content (AvgIpc) is 0.708. The topological polar surface area (TPSA) is 249 Å². The number of benzene rings is 18. The lowest BCUT2D eigenvalue weighted by atomic mass is 9.83. The molecule has 0 fully saturated rings. The van der Waals surface area contributed by atoms with E-state index in [0.29, 0.717) is 56.3 Å². The Labute approximate surface area is 720 Å². The van der Waals surface area contributed by atoms with Gasteiger partial charge in [-0.25, -0.2) is 0 Å². The lowest BCUT2D eigenvalue weighted by Gasteiger charge is -2.23. The zero-order valence-corrected chi connectivity index (χ0v) is 68.8. The average molecular weight is 1720 g/mol. The maximum absolute atomic E-state index is 13.3. The van der Waals surface area contributed by atoms with E-state index >= 15 is 0 Å². The maximum Gasteiger partial charge on any atom is 0.194 e. The molecule has 0 aliphatic heterocycles. The fourth-order valence-corrected chi connectivity index (χ4v) is 20.3. The number of rotatable bonds is 14. The highest BCUT2D eigenvalue weighted by Gasteiger charge is 2.32. The van der Waals surface area contributed by atoms with Crippen LogP contribution in [0.15, 0.2) is 316 Å². The Morgan fingerprint density at radius 2 is 0.724 bits per heavy atom. The number of phenols is 1. The Bertz CT molecular complexity index is 7670. The van der Waals surface area contributed by atoms with Crippen LogP contribution in [0.1, 0.15) is 63.7 Å². The molecule has 123 heavy (non-hydrogen) atoms. The molecule has 0 unspecified atom stereocenters. The standard InChI is InChI=1S/C25H19NO3S.C25H16O3S.C19H13BrO3.C19H14O3.C17H10O2/c26-20-10-3-4-11-22(20)30-25-18-9-5-8-17-23(18)19(14-21(25)29-13-12-27)15-6-1-2-7-16(15)24(17)28;26-11-12-28-20-13-19-14-5-1-2-7-17(14)24(27)18-10-9-16-15-6-3-4-8-21(15)29-25(20)23(16)22(18)19;20-18-13-6-3-7-14-17(13)15(10-16(18)23-9-8-21)11-4-1-2-5-12(11)19(14)22;20-8-9-22-13-10-12-4-3-7-16-18(12)17(11-13)14-5-1-2-6-15(14)19(16)21;18-11-8-10-4-3-7-14-16(10)15(9-11)12-5-1-2-6-13(12)17(14)19/h1-11,14,27H,12-13,26H2;1-10,13,26H,11-12H2;1-7,10,21H,8-9H2;1-7,10-11,20H,8-9H2;1-9,18H. The molecule has 0 atom stereocenters. The van der Waals surface area contributed by atoms with Gasteiger partial charge in [0, 0.05) is 114 Å². The van der Waals surface area contributed by atoms with Gasteiger partial charge >= 0.3 is 0 Å². The summed E-state index contributed by atoms with van der Waals surface area (Å²) >= 11 is 6.76. The van der Waals surface area contributed by atoms with Gasteiger partial charge in [-0.2, -0.15) is 0 Å². The number of aromatic hydroxyl groups is 1. The van der Waals surface area contributed by atoms with Crippen LogP contribution in [0.3, 0.4) is 0 Å². The molecule has 15 nitrogen and oxygen atoms in total. The fourth-order valence-electron chi connectivity index (χ4n) is 17.5. The van der Waals surface area contributed by atoms with E-state index in [9.17, 15) is 39.3 Å². The summed E-state index contributed by atoms with van der Waals surface area (Å²) in [6, 6.07) is 94.4. The monoisotopic (exact) mass is 1710 g/mol. The van der Waals surface area contributed by atoms with E-state index in [1.165, 1.54) is 21.8 Å². The van der Waals surface area contributed by atoms with Gasteiger partial charge in [-0.3, -0.25) is 24.0 Å². The number of hydrogen-bond acceptors (Lipinski definition) is 17. The van der Waals surface area contributed by atoms with Crippen LogP contribution >= 0.6 is 39.0 Å². The van der Waals surface area contributed by atoms with Crippen molar-refractivity contribution in [2.75, 3.05) is 58.6 Å². The number of carbonyl (C=O) groups excluding carboxylic acids is 4.